The van der Waals surface area contributed by atoms with Crippen molar-refractivity contribution >= 4 is 17.5 Å². The minimum absolute atomic E-state index is 0.0359. The van der Waals surface area contributed by atoms with Crippen LogP contribution in [0.15, 0.2) is 34.9 Å². The third-order valence-electron chi connectivity index (χ3n) is 4.62. The fraction of sp³-hybridized carbons (Fsp3) is 0.500. The van der Waals surface area contributed by atoms with Crippen LogP contribution in [-0.4, -0.2) is 46.9 Å². The van der Waals surface area contributed by atoms with E-state index in [1.807, 2.05) is 11.1 Å². The number of nitrogens with zero attached hydrogens (tertiary/aromatic N) is 3. The summed E-state index contributed by atoms with van der Waals surface area (Å²) in [5, 5.41) is 0.643. The number of hydrogen-bond acceptors (Lipinski definition) is 4. The van der Waals surface area contributed by atoms with E-state index in [0.717, 1.165) is 37.7 Å². The van der Waals surface area contributed by atoms with Gasteiger partial charge in [-0.2, -0.15) is 0 Å². The molecule has 140 valence electrons. The van der Waals surface area contributed by atoms with Gasteiger partial charge in [-0.3, -0.25) is 9.69 Å². The Hall–Kier alpha value is -1.85. The average molecular weight is 376 g/mol. The van der Waals surface area contributed by atoms with E-state index in [0.29, 0.717) is 23.7 Å². The van der Waals surface area contributed by atoms with Crippen molar-refractivity contribution in [3.05, 3.63) is 52.7 Å². The van der Waals surface area contributed by atoms with Crippen molar-refractivity contribution in [3.8, 4) is 0 Å². The zero-order chi connectivity index (χ0) is 18.7. The Morgan fingerprint density at radius 2 is 1.88 bits per heavy atom. The largest absolute Gasteiger partial charge is 0.444 e. The lowest BCUT2D eigenvalue weighted by Gasteiger charge is -2.21. The molecule has 0 bridgehead atoms. The predicted molar refractivity (Wildman–Crippen MR) is 102 cm³/mol. The molecule has 3 rings (SSSR count). The van der Waals surface area contributed by atoms with E-state index in [4.69, 9.17) is 16.0 Å². The molecule has 0 spiro atoms. The topological polar surface area (TPSA) is 49.6 Å². The summed E-state index contributed by atoms with van der Waals surface area (Å²) in [4.78, 5) is 21.3. The first-order chi connectivity index (χ1) is 12.3. The van der Waals surface area contributed by atoms with Crippen LogP contribution in [0.25, 0.3) is 0 Å². The Labute approximate surface area is 159 Å². The molecule has 0 radical (unpaired) electrons. The number of benzene rings is 1. The van der Waals surface area contributed by atoms with E-state index < -0.39 is 0 Å². The Balaban J connectivity index is 1.58. The molecule has 1 fully saturated rings. The van der Waals surface area contributed by atoms with Crippen LogP contribution >= 0.6 is 11.6 Å². The van der Waals surface area contributed by atoms with Gasteiger partial charge in [-0.05, 0) is 30.7 Å². The summed E-state index contributed by atoms with van der Waals surface area (Å²) < 4.78 is 5.90. The van der Waals surface area contributed by atoms with Crippen molar-refractivity contribution in [3.63, 3.8) is 0 Å². The molecular weight excluding hydrogens is 350 g/mol. The number of rotatable bonds is 3. The second-order valence-electron chi connectivity index (χ2n) is 7.80. The molecule has 1 aromatic heterocycles. The molecule has 0 N–H and O–H groups in total. The monoisotopic (exact) mass is 375 g/mol. The van der Waals surface area contributed by atoms with Crippen LogP contribution in [0.1, 0.15) is 49.2 Å². The quantitative estimate of drug-likeness (QED) is 0.814. The zero-order valence-electron chi connectivity index (χ0n) is 15.7. The van der Waals surface area contributed by atoms with E-state index in [-0.39, 0.29) is 11.3 Å². The first kappa shape index (κ1) is 18.9. The minimum Gasteiger partial charge on any atom is -0.444 e. The smallest absolute Gasteiger partial charge is 0.253 e. The summed E-state index contributed by atoms with van der Waals surface area (Å²) in [6, 6.07) is 7.09. The SMILES string of the molecule is CC(C)(C)c1cnc(CN2CCCN(C(=O)c3ccc(Cl)cc3)CC2)o1. The standard InChI is InChI=1S/C20H26ClN3O2/c1-20(2,3)17-13-22-18(26-17)14-23-9-4-10-24(12-11-23)19(25)15-5-7-16(21)8-6-15/h5-8,13H,4,9-12,14H2,1-3H3. The molecule has 0 atom stereocenters. The van der Waals surface area contributed by atoms with E-state index in [2.05, 4.69) is 30.7 Å². The van der Waals surface area contributed by atoms with Crippen LogP contribution in [0, 0.1) is 0 Å². The Kier molecular flexibility index (Phi) is 5.68. The first-order valence-corrected chi connectivity index (χ1v) is 9.43. The van der Waals surface area contributed by atoms with Gasteiger partial charge in [0.1, 0.15) is 5.76 Å². The molecule has 2 aromatic rings. The number of hydrogen-bond donors (Lipinski definition) is 0. The first-order valence-electron chi connectivity index (χ1n) is 9.05. The maximum atomic E-state index is 12.7. The summed E-state index contributed by atoms with van der Waals surface area (Å²) in [6.45, 7) is 10.2. The number of amides is 1. The molecule has 1 aliphatic heterocycles. The molecule has 26 heavy (non-hydrogen) atoms. The molecular formula is C20H26ClN3O2. The lowest BCUT2D eigenvalue weighted by atomic mass is 9.94. The van der Waals surface area contributed by atoms with E-state index in [1.165, 1.54) is 0 Å². The highest BCUT2D eigenvalue weighted by atomic mass is 35.5. The van der Waals surface area contributed by atoms with Gasteiger partial charge in [0.2, 0.25) is 5.89 Å². The second-order valence-corrected chi connectivity index (χ2v) is 8.23. The molecule has 5 nitrogen and oxygen atoms in total. The molecule has 6 heteroatoms. The normalized spacial score (nSPS) is 16.5. The summed E-state index contributed by atoms with van der Waals surface area (Å²) >= 11 is 5.91. The van der Waals surface area contributed by atoms with Gasteiger partial charge in [-0.1, -0.05) is 32.4 Å². The molecule has 1 aliphatic rings. The number of carbonyl (C=O) groups excluding carboxylic acids is 1. The average Bonchev–Trinajstić information content (AvgIpc) is 2.94. The van der Waals surface area contributed by atoms with Crippen molar-refractivity contribution in [2.24, 2.45) is 0 Å². The fourth-order valence-electron chi connectivity index (χ4n) is 3.03. The van der Waals surface area contributed by atoms with Crippen molar-refractivity contribution in [1.29, 1.82) is 0 Å². The molecule has 0 saturated carbocycles. The highest BCUT2D eigenvalue weighted by molar-refractivity contribution is 6.30. The number of halogens is 1. The molecule has 2 heterocycles. The summed E-state index contributed by atoms with van der Waals surface area (Å²) in [6.07, 6.45) is 2.76. The molecule has 0 unspecified atom stereocenters. The van der Waals surface area contributed by atoms with Gasteiger partial charge in [0.25, 0.3) is 5.91 Å². The van der Waals surface area contributed by atoms with Gasteiger partial charge in [0.15, 0.2) is 0 Å². The lowest BCUT2D eigenvalue weighted by Crippen LogP contribution is -2.35. The Morgan fingerprint density at radius 1 is 1.15 bits per heavy atom. The third-order valence-corrected chi connectivity index (χ3v) is 4.87. The highest BCUT2D eigenvalue weighted by Gasteiger charge is 2.23. The van der Waals surface area contributed by atoms with Crippen molar-refractivity contribution in [1.82, 2.24) is 14.8 Å². The number of aromatic nitrogens is 1. The lowest BCUT2D eigenvalue weighted by molar-refractivity contribution is 0.0760. The highest BCUT2D eigenvalue weighted by Crippen LogP contribution is 2.23. The van der Waals surface area contributed by atoms with Crippen LogP contribution < -0.4 is 0 Å². The van der Waals surface area contributed by atoms with Crippen molar-refractivity contribution in [2.75, 3.05) is 26.2 Å². The van der Waals surface area contributed by atoms with Gasteiger partial charge in [-0.15, -0.1) is 0 Å². The maximum absolute atomic E-state index is 12.7. The number of oxazole rings is 1. The van der Waals surface area contributed by atoms with Crippen LogP contribution in [0.4, 0.5) is 0 Å². The number of carbonyl (C=O) groups is 1. The summed E-state index contributed by atoms with van der Waals surface area (Å²) in [5.74, 6) is 1.71. The van der Waals surface area contributed by atoms with Gasteiger partial charge in [0.05, 0.1) is 12.7 Å². The Bertz CT molecular complexity index is 749. The maximum Gasteiger partial charge on any atom is 0.253 e. The summed E-state index contributed by atoms with van der Waals surface area (Å²) in [7, 11) is 0. The molecule has 1 aromatic carbocycles. The zero-order valence-corrected chi connectivity index (χ0v) is 16.4. The van der Waals surface area contributed by atoms with Crippen LogP contribution in [0.5, 0.6) is 0 Å². The summed E-state index contributed by atoms with van der Waals surface area (Å²) in [5.41, 5.74) is 0.650. The fourth-order valence-corrected chi connectivity index (χ4v) is 3.15. The van der Waals surface area contributed by atoms with Gasteiger partial charge in [-0.25, -0.2) is 4.98 Å². The van der Waals surface area contributed by atoms with Gasteiger partial charge >= 0.3 is 0 Å². The van der Waals surface area contributed by atoms with E-state index in [9.17, 15) is 4.79 Å². The van der Waals surface area contributed by atoms with Crippen LogP contribution in [-0.2, 0) is 12.0 Å². The van der Waals surface area contributed by atoms with E-state index >= 15 is 0 Å². The minimum atomic E-state index is -0.0359. The van der Waals surface area contributed by atoms with Gasteiger partial charge in [0, 0.05) is 42.2 Å². The second kappa shape index (κ2) is 7.80. The molecule has 1 amide bonds. The van der Waals surface area contributed by atoms with E-state index in [1.54, 1.807) is 24.3 Å². The van der Waals surface area contributed by atoms with Crippen molar-refractivity contribution < 1.29 is 9.21 Å². The van der Waals surface area contributed by atoms with Crippen LogP contribution in [0.2, 0.25) is 5.02 Å². The predicted octanol–water partition coefficient (Wildman–Crippen LogP) is 3.97. The van der Waals surface area contributed by atoms with Crippen LogP contribution in [0.3, 0.4) is 0 Å². The van der Waals surface area contributed by atoms with Crippen molar-refractivity contribution in [2.45, 2.75) is 39.2 Å². The Morgan fingerprint density at radius 3 is 2.54 bits per heavy atom. The molecule has 1 saturated heterocycles. The van der Waals surface area contributed by atoms with Gasteiger partial charge < -0.3 is 9.32 Å². The third kappa shape index (κ3) is 4.65. The molecule has 0 aliphatic carbocycles.